The van der Waals surface area contributed by atoms with Gasteiger partial charge in [-0.1, -0.05) is 12.1 Å². The van der Waals surface area contributed by atoms with Gasteiger partial charge >= 0.3 is 12.2 Å². The van der Waals surface area contributed by atoms with Gasteiger partial charge in [-0.3, -0.25) is 19.4 Å². The summed E-state index contributed by atoms with van der Waals surface area (Å²) in [5, 5.41) is 45.2. The maximum absolute atomic E-state index is 13.4. The van der Waals surface area contributed by atoms with E-state index >= 15 is 0 Å². The highest BCUT2D eigenvalue weighted by Gasteiger charge is 2.39. The molecule has 4 atom stereocenters. The number of benzene rings is 2. The lowest BCUT2D eigenvalue weighted by atomic mass is 9.91. The molecule has 85 heavy (non-hydrogen) atoms. The van der Waals surface area contributed by atoms with Crippen molar-refractivity contribution in [3.8, 4) is 11.5 Å². The van der Waals surface area contributed by atoms with Gasteiger partial charge in [-0.2, -0.15) is 0 Å². The molecule has 2 fully saturated rings. The number of amides is 4. The van der Waals surface area contributed by atoms with Crippen LogP contribution in [0, 0.1) is 6.92 Å². The van der Waals surface area contributed by atoms with Gasteiger partial charge in [-0.15, -0.1) is 0 Å². The Hall–Kier alpha value is -7.85. The van der Waals surface area contributed by atoms with E-state index in [1.54, 1.807) is 84.0 Å². The molecule has 2 aromatic carbocycles. The van der Waals surface area contributed by atoms with E-state index in [1.165, 1.54) is 29.0 Å². The van der Waals surface area contributed by atoms with Crippen molar-refractivity contribution in [3.63, 3.8) is 0 Å². The Kier molecular flexibility index (Phi) is 20.4. The molecular weight excluding hydrogens is 1090 g/mol. The maximum atomic E-state index is 13.4. The van der Waals surface area contributed by atoms with Crippen molar-refractivity contribution in [1.29, 1.82) is 0 Å². The number of aromatic nitrogens is 3. The number of oxazole rings is 1. The predicted octanol–water partition coefficient (Wildman–Crippen LogP) is 8.49. The molecule has 22 heteroatoms. The zero-order valence-electron chi connectivity index (χ0n) is 51.2. The summed E-state index contributed by atoms with van der Waals surface area (Å²) in [6, 6.07) is 17.2. The zero-order valence-corrected chi connectivity index (χ0v) is 51.2. The Bertz CT molecular complexity index is 3130. The first-order valence-corrected chi connectivity index (χ1v) is 29.7. The number of aliphatic hydroxyl groups is 2. The van der Waals surface area contributed by atoms with Gasteiger partial charge in [0.25, 0.3) is 11.8 Å². The number of phenolic OH excluding ortho intramolecular Hbond substituents is 1. The number of pyridine rings is 2. The topological polar surface area (TPSA) is 270 Å². The highest BCUT2D eigenvalue weighted by Crippen LogP contribution is 2.33. The molecule has 2 aliphatic carbocycles. The highest BCUT2D eigenvalue weighted by molar-refractivity contribution is 5.96. The standard InChI is InChI=1S/C34H46N6O6.C29H41N5O5/c1-7-39(6)31-16-23(15-30(38-31)37-25-9-8-10-25)32(42)35-17-28(41)27-14-22-11-12-26(44-19-29-21(2)36-20-45-29)13-24(22)18-40(27)33(43)46-34(3,4)5;1-6-33(5)26-15-19(14-25(32-26)31-21-8-7-9-21)27(37)30-16-24(36)23-13-18-10-11-22(35)12-20(18)17-34(23)28(38)39-29(2,3)4/h11-13,15-16,20,25,27-28,41H,7-10,14,17-19H2,1-6H3,(H,35,42)(H,37,38);10-12,14-15,21,23-24,35-36H,6-9,13,16-17H2,1-5H3,(H,30,37)(H,31,32)/t27-,28+;23-,24+/m00/s1. The molecule has 0 saturated heterocycles. The molecular formula is C63H87N11O11. The molecule has 5 aromatic rings. The molecule has 4 aliphatic rings. The van der Waals surface area contributed by atoms with Crippen molar-refractivity contribution in [2.24, 2.45) is 0 Å². The minimum absolute atomic E-state index is 0.0527. The number of hydrogen-bond donors (Lipinski definition) is 7. The summed E-state index contributed by atoms with van der Waals surface area (Å²) >= 11 is 0. The van der Waals surface area contributed by atoms with Crippen LogP contribution < -0.4 is 35.8 Å². The number of phenols is 1. The third kappa shape index (κ3) is 17.0. The molecule has 0 spiro atoms. The lowest BCUT2D eigenvalue weighted by molar-refractivity contribution is -0.0118. The molecule has 9 rings (SSSR count). The largest absolute Gasteiger partial charge is 0.508 e. The van der Waals surface area contributed by atoms with Gasteiger partial charge in [-0.05, 0) is 184 Å². The Morgan fingerprint density at radius 3 is 1.54 bits per heavy atom. The summed E-state index contributed by atoms with van der Waals surface area (Å²) in [4.78, 5) is 73.6. The monoisotopic (exact) mass is 1170 g/mol. The summed E-state index contributed by atoms with van der Waals surface area (Å²) in [5.41, 5.74) is 3.81. The van der Waals surface area contributed by atoms with Gasteiger partial charge in [0.05, 0.1) is 30.0 Å². The van der Waals surface area contributed by atoms with Crippen LogP contribution in [0.1, 0.15) is 148 Å². The fourth-order valence-electron chi connectivity index (χ4n) is 10.2. The van der Waals surface area contributed by atoms with E-state index < -0.39 is 47.7 Å². The van der Waals surface area contributed by atoms with Crippen molar-refractivity contribution in [2.75, 3.05) is 60.7 Å². The lowest BCUT2D eigenvalue weighted by Crippen LogP contribution is -2.54. The second-order valence-corrected chi connectivity index (χ2v) is 24.6. The second-order valence-electron chi connectivity index (χ2n) is 24.6. The van der Waals surface area contributed by atoms with Gasteiger partial charge < -0.3 is 65.0 Å². The third-order valence-corrected chi connectivity index (χ3v) is 15.8. The second kappa shape index (κ2) is 27.5. The summed E-state index contributed by atoms with van der Waals surface area (Å²) in [6.07, 6.45) is 5.64. The van der Waals surface area contributed by atoms with Crippen LogP contribution in [0.5, 0.6) is 11.5 Å². The van der Waals surface area contributed by atoms with Crippen molar-refractivity contribution >= 4 is 47.3 Å². The number of nitrogens with one attached hydrogen (secondary N) is 4. The first-order chi connectivity index (χ1) is 40.3. The summed E-state index contributed by atoms with van der Waals surface area (Å²) in [5.74, 6) is 3.43. The van der Waals surface area contributed by atoms with E-state index in [1.807, 2.05) is 62.9 Å². The Morgan fingerprint density at radius 1 is 0.671 bits per heavy atom. The fraction of sp³-hybridized carbons (Fsp3) is 0.540. The molecule has 3 aromatic heterocycles. The van der Waals surface area contributed by atoms with Crippen LogP contribution in [0.4, 0.5) is 32.9 Å². The van der Waals surface area contributed by atoms with Crippen LogP contribution in [-0.2, 0) is 42.0 Å². The Morgan fingerprint density at radius 2 is 1.13 bits per heavy atom. The number of anilines is 4. The molecule has 4 amide bonds. The van der Waals surface area contributed by atoms with Gasteiger partial charge in [0.1, 0.15) is 52.6 Å². The van der Waals surface area contributed by atoms with Crippen molar-refractivity contribution in [1.82, 2.24) is 35.4 Å². The Balaban J connectivity index is 0.000000224. The average molecular weight is 1170 g/mol. The van der Waals surface area contributed by atoms with Gasteiger partial charge in [-0.25, -0.2) is 24.5 Å². The summed E-state index contributed by atoms with van der Waals surface area (Å²) in [6.45, 7) is 18.7. The molecule has 2 aliphatic heterocycles. The first-order valence-electron chi connectivity index (χ1n) is 29.7. The van der Waals surface area contributed by atoms with Crippen LogP contribution in [-0.4, -0.2) is 152 Å². The molecule has 22 nitrogen and oxygen atoms in total. The van der Waals surface area contributed by atoms with Crippen molar-refractivity contribution in [3.05, 3.63) is 112 Å². The normalized spacial score (nSPS) is 17.5. The van der Waals surface area contributed by atoms with E-state index in [0.29, 0.717) is 70.8 Å². The smallest absolute Gasteiger partial charge is 0.410 e. The molecule has 0 unspecified atom stereocenters. The first kappa shape index (κ1) is 63.2. The molecule has 0 radical (unpaired) electrons. The van der Waals surface area contributed by atoms with E-state index in [-0.39, 0.29) is 50.3 Å². The lowest BCUT2D eigenvalue weighted by Gasteiger charge is -2.40. The van der Waals surface area contributed by atoms with E-state index in [4.69, 9.17) is 23.6 Å². The predicted molar refractivity (Wildman–Crippen MR) is 324 cm³/mol. The van der Waals surface area contributed by atoms with Gasteiger partial charge in [0.15, 0.2) is 12.2 Å². The third-order valence-electron chi connectivity index (χ3n) is 15.8. The quantitative estimate of drug-likeness (QED) is 0.0408. The van der Waals surface area contributed by atoms with Crippen molar-refractivity contribution in [2.45, 2.75) is 181 Å². The average Bonchev–Trinajstić information content (AvgIpc) is 3.31. The number of ether oxygens (including phenoxy) is 3. The fourth-order valence-corrected chi connectivity index (χ4v) is 10.2. The summed E-state index contributed by atoms with van der Waals surface area (Å²) in [7, 11) is 3.85. The molecule has 0 bridgehead atoms. The molecule has 7 N–H and O–H groups in total. The number of aryl methyl sites for hydroxylation is 1. The maximum Gasteiger partial charge on any atom is 0.410 e. The number of aliphatic hydroxyl groups excluding tert-OH is 2. The van der Waals surface area contributed by atoms with E-state index in [0.717, 1.165) is 66.7 Å². The van der Waals surface area contributed by atoms with E-state index in [9.17, 15) is 34.5 Å². The SMILES string of the molecule is CCN(C)c1cc(C(=O)NC[C@@H](O)[C@@H]2Cc3ccc(O)cc3CN2C(=O)OC(C)(C)C)cc(NC2CCC2)n1.CCN(C)c1cc(C(=O)NC[C@@H](O)[C@@H]2Cc3ccc(OCc4ocnc4C)cc3CN2C(=O)OC(C)(C)C)cc(NC2CCC2)n1. The minimum Gasteiger partial charge on any atom is -0.508 e. The number of nitrogens with zero attached hydrogens (tertiary/aromatic N) is 7. The molecule has 2 saturated carbocycles. The Labute approximate surface area is 499 Å². The highest BCUT2D eigenvalue weighted by atomic mass is 16.6. The number of rotatable bonds is 19. The summed E-state index contributed by atoms with van der Waals surface area (Å²) < 4.78 is 22.7. The van der Waals surface area contributed by atoms with Gasteiger partial charge in [0.2, 0.25) is 0 Å². The number of carbonyl (C=O) groups excluding carboxylic acids is 4. The van der Waals surface area contributed by atoms with E-state index in [2.05, 4.69) is 31.2 Å². The van der Waals surface area contributed by atoms with Crippen LogP contribution >= 0.6 is 0 Å². The van der Waals surface area contributed by atoms with Crippen LogP contribution in [0.2, 0.25) is 0 Å². The zero-order chi connectivity index (χ0) is 61.3. The van der Waals surface area contributed by atoms with Crippen LogP contribution in [0.3, 0.4) is 0 Å². The minimum atomic E-state index is -1.05. The number of carbonyl (C=O) groups is 4. The van der Waals surface area contributed by atoms with Crippen LogP contribution in [0.15, 0.2) is 71.5 Å². The number of hydrogen-bond acceptors (Lipinski definition) is 18. The number of aromatic hydroxyl groups is 1. The van der Waals surface area contributed by atoms with Crippen LogP contribution in [0.25, 0.3) is 0 Å². The van der Waals surface area contributed by atoms with Crippen molar-refractivity contribution < 1.29 is 53.1 Å². The van der Waals surface area contributed by atoms with Gasteiger partial charge in [0, 0.05) is 76.6 Å². The number of fused-ring (bicyclic) bond motifs is 2. The molecule has 5 heterocycles. The molecule has 460 valence electrons.